The van der Waals surface area contributed by atoms with Crippen molar-refractivity contribution in [2.45, 2.75) is 26.2 Å². The maximum atomic E-state index is 12.4. The van der Waals surface area contributed by atoms with Gasteiger partial charge < -0.3 is 16.0 Å². The number of unbranched alkanes of at least 4 members (excludes halogenated alkanes) is 1. The fourth-order valence-electron chi connectivity index (χ4n) is 2.61. The van der Waals surface area contributed by atoms with Crippen LogP contribution in [-0.4, -0.2) is 16.0 Å². The van der Waals surface area contributed by atoms with Gasteiger partial charge in [0.25, 0.3) is 5.91 Å². The average Bonchev–Trinajstić information content (AvgIpc) is 3.16. The van der Waals surface area contributed by atoms with E-state index in [0.717, 1.165) is 30.0 Å². The highest BCUT2D eigenvalue weighted by Crippen LogP contribution is 2.23. The van der Waals surface area contributed by atoms with E-state index in [-0.39, 0.29) is 5.91 Å². The molecule has 0 saturated carbocycles. The number of thiocarbonyl (C=S) groups is 1. The zero-order valence-corrected chi connectivity index (χ0v) is 19.3. The molecule has 0 saturated heterocycles. The number of anilines is 3. The molecule has 0 bridgehead atoms. The number of aryl methyl sites for hydroxylation is 1. The lowest BCUT2D eigenvalue weighted by molar-refractivity contribution is 0.102. The van der Waals surface area contributed by atoms with Gasteiger partial charge in [0.05, 0.1) is 5.01 Å². The molecule has 0 atom stereocenters. The Kier molecular flexibility index (Phi) is 8.04. The molecule has 9 heteroatoms. The number of nitrogens with zero attached hydrogens (tertiary/aromatic N) is 1. The summed E-state index contributed by atoms with van der Waals surface area (Å²) in [5.74, 6) is -0.218. The van der Waals surface area contributed by atoms with E-state index >= 15 is 0 Å². The minimum absolute atomic E-state index is 0.218. The number of amides is 1. The van der Waals surface area contributed by atoms with Crippen LogP contribution in [-0.2, 0) is 6.42 Å². The molecule has 0 aliphatic carbocycles. The number of hydrogen-bond acceptors (Lipinski definition) is 4. The predicted octanol–water partition coefficient (Wildman–Crippen LogP) is 6.85. The second kappa shape index (κ2) is 10.7. The van der Waals surface area contributed by atoms with Crippen LogP contribution in [0.4, 0.5) is 17.1 Å². The smallest absolute Gasteiger partial charge is 0.275 e. The van der Waals surface area contributed by atoms with Gasteiger partial charge in [-0.1, -0.05) is 36.5 Å². The first-order valence-electron chi connectivity index (χ1n) is 9.33. The van der Waals surface area contributed by atoms with E-state index < -0.39 is 0 Å². The third kappa shape index (κ3) is 6.67. The third-order valence-corrected chi connectivity index (χ3v) is 5.60. The molecule has 0 aliphatic rings. The first kappa shape index (κ1) is 22.5. The van der Waals surface area contributed by atoms with Gasteiger partial charge in [-0.05, 0) is 67.5 Å². The van der Waals surface area contributed by atoms with Gasteiger partial charge in [0.2, 0.25) is 0 Å². The molecule has 0 unspecified atom stereocenters. The van der Waals surface area contributed by atoms with Crippen LogP contribution in [0.15, 0.2) is 47.8 Å². The molecule has 3 rings (SSSR count). The van der Waals surface area contributed by atoms with Gasteiger partial charge in [-0.3, -0.25) is 4.79 Å². The minimum atomic E-state index is -0.218. The molecule has 1 amide bonds. The van der Waals surface area contributed by atoms with Crippen molar-refractivity contribution in [3.63, 3.8) is 0 Å². The summed E-state index contributed by atoms with van der Waals surface area (Å²) in [5, 5.41) is 13.2. The van der Waals surface area contributed by atoms with E-state index in [0.29, 0.717) is 32.2 Å². The summed E-state index contributed by atoms with van der Waals surface area (Å²) in [5.41, 5.74) is 2.58. The monoisotopic (exact) mass is 478 g/mol. The second-order valence-electron chi connectivity index (χ2n) is 6.50. The summed E-state index contributed by atoms with van der Waals surface area (Å²) in [4.78, 5) is 16.8. The third-order valence-electron chi connectivity index (χ3n) is 4.05. The number of benzene rings is 2. The van der Waals surface area contributed by atoms with Crippen LogP contribution in [0.25, 0.3) is 0 Å². The van der Waals surface area contributed by atoms with E-state index in [1.807, 2.05) is 12.1 Å². The highest BCUT2D eigenvalue weighted by Gasteiger charge is 2.11. The Morgan fingerprint density at radius 1 is 1.00 bits per heavy atom. The van der Waals surface area contributed by atoms with Crippen LogP contribution in [0, 0.1) is 0 Å². The van der Waals surface area contributed by atoms with Crippen molar-refractivity contribution >= 4 is 74.8 Å². The summed E-state index contributed by atoms with van der Waals surface area (Å²) in [6.07, 6.45) is 3.08. The summed E-state index contributed by atoms with van der Waals surface area (Å²) >= 11 is 18.8. The van der Waals surface area contributed by atoms with Crippen molar-refractivity contribution in [2.75, 3.05) is 16.0 Å². The van der Waals surface area contributed by atoms with E-state index in [1.54, 1.807) is 35.7 Å². The van der Waals surface area contributed by atoms with Gasteiger partial charge in [-0.2, -0.15) is 0 Å². The number of rotatable bonds is 7. The molecule has 0 spiro atoms. The van der Waals surface area contributed by atoms with Crippen molar-refractivity contribution in [3.05, 3.63) is 68.6 Å². The second-order valence-corrected chi connectivity index (χ2v) is 8.72. The maximum Gasteiger partial charge on any atom is 0.275 e. The topological polar surface area (TPSA) is 66.0 Å². The van der Waals surface area contributed by atoms with Crippen molar-refractivity contribution in [3.8, 4) is 0 Å². The Morgan fingerprint density at radius 2 is 1.60 bits per heavy atom. The summed E-state index contributed by atoms with van der Waals surface area (Å²) < 4.78 is 0. The molecule has 3 N–H and O–H groups in total. The van der Waals surface area contributed by atoms with Crippen LogP contribution in [0.5, 0.6) is 0 Å². The Balaban J connectivity index is 1.54. The van der Waals surface area contributed by atoms with Gasteiger partial charge in [-0.15, -0.1) is 11.3 Å². The lowest BCUT2D eigenvalue weighted by Crippen LogP contribution is -2.19. The molecule has 1 heterocycles. The Morgan fingerprint density at radius 3 is 2.23 bits per heavy atom. The Labute approximate surface area is 194 Å². The van der Waals surface area contributed by atoms with Crippen LogP contribution < -0.4 is 16.0 Å². The highest BCUT2D eigenvalue weighted by molar-refractivity contribution is 7.80. The number of carbonyl (C=O) groups is 1. The number of hydrogen-bond donors (Lipinski definition) is 3. The molecular formula is C21H20Cl2N4OS2. The highest BCUT2D eigenvalue weighted by atomic mass is 35.5. The normalized spacial score (nSPS) is 10.5. The quantitative estimate of drug-likeness (QED) is 0.323. The van der Waals surface area contributed by atoms with Gasteiger partial charge in [0, 0.05) is 32.5 Å². The largest absolute Gasteiger partial charge is 0.332 e. The SMILES string of the molecule is CCCCc1nc(C(=O)Nc2ccc(NC(=S)Nc3cc(Cl)cc(Cl)c3)cc2)cs1. The van der Waals surface area contributed by atoms with Gasteiger partial charge in [0.1, 0.15) is 5.69 Å². The molecule has 30 heavy (non-hydrogen) atoms. The molecule has 156 valence electrons. The first-order chi connectivity index (χ1) is 14.4. The number of halogens is 2. The summed E-state index contributed by atoms with van der Waals surface area (Å²) in [6, 6.07) is 12.3. The zero-order chi connectivity index (χ0) is 21.5. The lowest BCUT2D eigenvalue weighted by Gasteiger charge is -2.12. The van der Waals surface area contributed by atoms with E-state index in [4.69, 9.17) is 35.4 Å². The first-order valence-corrected chi connectivity index (χ1v) is 11.4. The minimum Gasteiger partial charge on any atom is -0.332 e. The van der Waals surface area contributed by atoms with Gasteiger partial charge in [-0.25, -0.2) is 4.98 Å². The standard InChI is InChI=1S/C21H20Cl2N4OS2/c1-2-3-4-19-27-18(12-30-19)20(28)24-15-5-7-16(8-6-15)25-21(29)26-17-10-13(22)9-14(23)11-17/h5-12H,2-4H2,1H3,(H,24,28)(H2,25,26,29). The van der Waals surface area contributed by atoms with Crippen molar-refractivity contribution in [1.29, 1.82) is 0 Å². The molecule has 1 aromatic heterocycles. The Bertz CT molecular complexity index is 1020. The summed E-state index contributed by atoms with van der Waals surface area (Å²) in [7, 11) is 0. The van der Waals surface area contributed by atoms with Crippen molar-refractivity contribution in [1.82, 2.24) is 4.98 Å². The molecule has 3 aromatic rings. The van der Waals surface area contributed by atoms with Crippen molar-refractivity contribution < 1.29 is 4.79 Å². The number of thiazole rings is 1. The molecule has 0 aliphatic heterocycles. The van der Waals surface area contributed by atoms with Gasteiger partial charge >= 0.3 is 0 Å². The zero-order valence-electron chi connectivity index (χ0n) is 16.2. The fourth-order valence-corrected chi connectivity index (χ4v) is 4.19. The number of carbonyl (C=O) groups excluding carboxylic acids is 1. The van der Waals surface area contributed by atoms with Crippen LogP contribution in [0.2, 0.25) is 10.0 Å². The summed E-state index contributed by atoms with van der Waals surface area (Å²) in [6.45, 7) is 2.13. The molecular weight excluding hydrogens is 459 g/mol. The van der Waals surface area contributed by atoms with Crippen molar-refractivity contribution in [2.24, 2.45) is 0 Å². The Hall–Kier alpha value is -2.19. The predicted molar refractivity (Wildman–Crippen MR) is 131 cm³/mol. The van der Waals surface area contributed by atoms with Crippen LogP contribution in [0.1, 0.15) is 35.3 Å². The number of aromatic nitrogens is 1. The average molecular weight is 479 g/mol. The maximum absolute atomic E-state index is 12.4. The van der Waals surface area contributed by atoms with E-state index in [1.165, 1.54) is 11.3 Å². The molecule has 5 nitrogen and oxygen atoms in total. The molecule has 2 aromatic carbocycles. The number of nitrogens with one attached hydrogen (secondary N) is 3. The lowest BCUT2D eigenvalue weighted by atomic mass is 10.2. The van der Waals surface area contributed by atoms with E-state index in [9.17, 15) is 4.79 Å². The fraction of sp³-hybridized carbons (Fsp3) is 0.190. The van der Waals surface area contributed by atoms with Crippen LogP contribution in [0.3, 0.4) is 0 Å². The molecule has 0 radical (unpaired) electrons. The van der Waals surface area contributed by atoms with Crippen LogP contribution >= 0.6 is 46.8 Å². The van der Waals surface area contributed by atoms with E-state index in [2.05, 4.69) is 27.9 Å². The molecule has 0 fully saturated rings. The van der Waals surface area contributed by atoms with Gasteiger partial charge in [0.15, 0.2) is 5.11 Å².